The SMILES string of the molecule is Cc1cccc(CNC(=O)c2cc(S(=O)(=O)N3CCCCCC3)ccc2Cl)c1. The van der Waals surface area contributed by atoms with Crippen LogP contribution in [0, 0.1) is 6.92 Å². The topological polar surface area (TPSA) is 66.5 Å². The zero-order valence-corrected chi connectivity index (χ0v) is 17.5. The Morgan fingerprint density at radius 2 is 1.79 bits per heavy atom. The monoisotopic (exact) mass is 420 g/mol. The molecule has 2 aromatic carbocycles. The van der Waals surface area contributed by atoms with Crippen LogP contribution < -0.4 is 5.32 Å². The number of carbonyl (C=O) groups excluding carboxylic acids is 1. The maximum absolute atomic E-state index is 13.0. The highest BCUT2D eigenvalue weighted by atomic mass is 35.5. The summed E-state index contributed by atoms with van der Waals surface area (Å²) in [5.74, 6) is -0.389. The molecule has 0 aliphatic carbocycles. The molecule has 1 amide bonds. The lowest BCUT2D eigenvalue weighted by atomic mass is 10.1. The summed E-state index contributed by atoms with van der Waals surface area (Å²) < 4.78 is 27.5. The number of rotatable bonds is 5. The average Bonchev–Trinajstić information content (AvgIpc) is 2.96. The summed E-state index contributed by atoms with van der Waals surface area (Å²) in [6, 6.07) is 12.2. The van der Waals surface area contributed by atoms with Gasteiger partial charge in [0, 0.05) is 19.6 Å². The molecule has 0 unspecified atom stereocenters. The minimum Gasteiger partial charge on any atom is -0.348 e. The fraction of sp³-hybridized carbons (Fsp3) is 0.381. The summed E-state index contributed by atoms with van der Waals surface area (Å²) in [6.45, 7) is 3.36. The van der Waals surface area contributed by atoms with Crippen LogP contribution in [0.3, 0.4) is 0 Å². The van der Waals surface area contributed by atoms with Gasteiger partial charge in [-0.25, -0.2) is 8.42 Å². The largest absolute Gasteiger partial charge is 0.348 e. The Kier molecular flexibility index (Phi) is 6.75. The lowest BCUT2D eigenvalue weighted by Gasteiger charge is -2.20. The second kappa shape index (κ2) is 9.07. The Hall–Kier alpha value is -1.89. The molecule has 5 nitrogen and oxygen atoms in total. The Balaban J connectivity index is 1.79. The van der Waals surface area contributed by atoms with Crippen molar-refractivity contribution in [2.45, 2.75) is 44.0 Å². The lowest BCUT2D eigenvalue weighted by molar-refractivity contribution is 0.0951. The Morgan fingerprint density at radius 3 is 2.46 bits per heavy atom. The molecule has 7 heteroatoms. The third-order valence-electron chi connectivity index (χ3n) is 4.92. The van der Waals surface area contributed by atoms with E-state index in [4.69, 9.17) is 11.6 Å². The molecule has 0 radical (unpaired) electrons. The number of nitrogens with zero attached hydrogens (tertiary/aromatic N) is 1. The molecule has 0 spiro atoms. The molecule has 1 N–H and O–H groups in total. The molecular formula is C21H25ClN2O3S. The average molecular weight is 421 g/mol. The number of benzene rings is 2. The van der Waals surface area contributed by atoms with Crippen molar-refractivity contribution in [1.29, 1.82) is 0 Å². The van der Waals surface area contributed by atoms with Crippen LogP contribution in [0.1, 0.15) is 47.2 Å². The molecule has 0 saturated carbocycles. The van der Waals surface area contributed by atoms with E-state index in [0.29, 0.717) is 19.6 Å². The van der Waals surface area contributed by atoms with E-state index in [-0.39, 0.29) is 21.4 Å². The van der Waals surface area contributed by atoms with Gasteiger partial charge in [0.25, 0.3) is 5.91 Å². The Labute approximate surface area is 171 Å². The molecule has 3 rings (SSSR count). The van der Waals surface area contributed by atoms with Gasteiger partial charge in [-0.2, -0.15) is 4.31 Å². The first-order valence-corrected chi connectivity index (χ1v) is 11.3. The number of hydrogen-bond donors (Lipinski definition) is 1. The summed E-state index contributed by atoms with van der Waals surface area (Å²) >= 11 is 6.19. The quantitative estimate of drug-likeness (QED) is 0.790. The number of amides is 1. The normalized spacial score (nSPS) is 15.8. The van der Waals surface area contributed by atoms with Crippen LogP contribution in [-0.2, 0) is 16.6 Å². The molecule has 0 aromatic heterocycles. The molecule has 150 valence electrons. The minimum atomic E-state index is -3.64. The highest BCUT2D eigenvalue weighted by Crippen LogP contribution is 2.25. The second-order valence-electron chi connectivity index (χ2n) is 7.13. The molecule has 1 fully saturated rings. The van der Waals surface area contributed by atoms with Crippen LogP contribution in [0.5, 0.6) is 0 Å². The minimum absolute atomic E-state index is 0.111. The van der Waals surface area contributed by atoms with E-state index in [9.17, 15) is 13.2 Å². The van der Waals surface area contributed by atoms with Crippen LogP contribution >= 0.6 is 11.6 Å². The fourth-order valence-electron chi connectivity index (χ4n) is 3.37. The summed E-state index contributed by atoms with van der Waals surface area (Å²) in [5, 5.41) is 3.05. The van der Waals surface area contributed by atoms with E-state index in [1.54, 1.807) is 0 Å². The molecule has 0 bridgehead atoms. The van der Waals surface area contributed by atoms with Crippen molar-refractivity contribution in [3.8, 4) is 0 Å². The summed E-state index contributed by atoms with van der Waals surface area (Å²) in [7, 11) is -3.64. The molecular weight excluding hydrogens is 396 g/mol. The molecule has 28 heavy (non-hydrogen) atoms. The van der Waals surface area contributed by atoms with Gasteiger partial charge in [0.1, 0.15) is 0 Å². The van der Waals surface area contributed by atoms with Gasteiger partial charge in [-0.1, -0.05) is 54.3 Å². The number of carbonyl (C=O) groups is 1. The van der Waals surface area contributed by atoms with Crippen LogP contribution in [0.25, 0.3) is 0 Å². The van der Waals surface area contributed by atoms with Gasteiger partial charge in [-0.15, -0.1) is 0 Å². The van der Waals surface area contributed by atoms with Crippen molar-refractivity contribution < 1.29 is 13.2 Å². The van der Waals surface area contributed by atoms with Gasteiger partial charge < -0.3 is 5.32 Å². The number of nitrogens with one attached hydrogen (secondary N) is 1. The van der Waals surface area contributed by atoms with E-state index >= 15 is 0 Å². The first-order valence-electron chi connectivity index (χ1n) is 9.51. The van der Waals surface area contributed by atoms with Crippen LogP contribution in [0.4, 0.5) is 0 Å². The molecule has 1 heterocycles. The van der Waals surface area contributed by atoms with Crippen LogP contribution in [-0.4, -0.2) is 31.7 Å². The van der Waals surface area contributed by atoms with Crippen molar-refractivity contribution >= 4 is 27.5 Å². The molecule has 1 saturated heterocycles. The molecule has 0 atom stereocenters. The number of hydrogen-bond acceptors (Lipinski definition) is 3. The Morgan fingerprint density at radius 1 is 1.07 bits per heavy atom. The van der Waals surface area contributed by atoms with Crippen molar-refractivity contribution in [3.63, 3.8) is 0 Å². The predicted octanol–water partition coefficient (Wildman–Crippen LogP) is 4.14. The number of sulfonamides is 1. The van der Waals surface area contributed by atoms with Gasteiger partial charge in [0.05, 0.1) is 15.5 Å². The first kappa shape index (κ1) is 20.8. The highest BCUT2D eigenvalue weighted by molar-refractivity contribution is 7.89. The number of aryl methyl sites for hydroxylation is 1. The smallest absolute Gasteiger partial charge is 0.253 e. The first-order chi connectivity index (χ1) is 13.4. The van der Waals surface area contributed by atoms with E-state index in [1.807, 2.05) is 31.2 Å². The predicted molar refractivity (Wildman–Crippen MR) is 111 cm³/mol. The van der Waals surface area contributed by atoms with E-state index in [2.05, 4.69) is 5.32 Å². The van der Waals surface area contributed by atoms with Gasteiger partial charge in [0.15, 0.2) is 0 Å². The van der Waals surface area contributed by atoms with Crippen molar-refractivity contribution in [2.75, 3.05) is 13.1 Å². The molecule has 1 aliphatic heterocycles. The summed E-state index contributed by atoms with van der Waals surface area (Å²) in [6.07, 6.45) is 3.80. The van der Waals surface area contributed by atoms with Crippen molar-refractivity contribution in [1.82, 2.24) is 9.62 Å². The maximum Gasteiger partial charge on any atom is 0.253 e. The lowest BCUT2D eigenvalue weighted by Crippen LogP contribution is -2.32. The highest BCUT2D eigenvalue weighted by Gasteiger charge is 2.26. The zero-order valence-electron chi connectivity index (χ0n) is 15.9. The second-order valence-corrected chi connectivity index (χ2v) is 9.48. The molecule has 1 aliphatic rings. The van der Waals surface area contributed by atoms with Crippen LogP contribution in [0.2, 0.25) is 5.02 Å². The van der Waals surface area contributed by atoms with E-state index in [0.717, 1.165) is 36.8 Å². The van der Waals surface area contributed by atoms with Gasteiger partial charge in [-0.05, 0) is 43.5 Å². The van der Waals surface area contributed by atoms with Gasteiger partial charge in [0.2, 0.25) is 10.0 Å². The maximum atomic E-state index is 13.0. The van der Waals surface area contributed by atoms with Crippen molar-refractivity contribution in [2.24, 2.45) is 0 Å². The number of halogens is 1. The third kappa shape index (κ3) is 4.93. The van der Waals surface area contributed by atoms with Crippen molar-refractivity contribution in [3.05, 3.63) is 64.2 Å². The summed E-state index contributed by atoms with van der Waals surface area (Å²) in [5.41, 5.74) is 2.25. The summed E-state index contributed by atoms with van der Waals surface area (Å²) in [4.78, 5) is 12.7. The van der Waals surface area contributed by atoms with Gasteiger partial charge >= 0.3 is 0 Å². The third-order valence-corrected chi connectivity index (χ3v) is 7.15. The van der Waals surface area contributed by atoms with Crippen LogP contribution in [0.15, 0.2) is 47.4 Å². The zero-order chi connectivity index (χ0) is 20.1. The fourth-order valence-corrected chi connectivity index (χ4v) is 5.12. The van der Waals surface area contributed by atoms with Gasteiger partial charge in [-0.3, -0.25) is 4.79 Å². The molecule has 2 aromatic rings. The van der Waals surface area contributed by atoms with E-state index < -0.39 is 10.0 Å². The standard InChI is InChI=1S/C21H25ClN2O3S/c1-16-7-6-8-17(13-16)15-23-21(25)19-14-18(9-10-20(19)22)28(26,27)24-11-4-2-3-5-12-24/h6-10,13-14H,2-5,11-12,15H2,1H3,(H,23,25). The Bertz CT molecular complexity index is 952. The van der Waals surface area contributed by atoms with E-state index in [1.165, 1.54) is 22.5 Å².